The molecule has 0 saturated carbocycles. The number of carbonyl (C=O) groups excluding carboxylic acids is 3. The Bertz CT molecular complexity index is 1030. The number of hydrogen-bond donors (Lipinski definition) is 4. The Balaban J connectivity index is 1.54. The maximum atomic E-state index is 13.0. The Morgan fingerprint density at radius 2 is 1.43 bits per heavy atom. The molecule has 37 heavy (non-hydrogen) atoms. The fraction of sp³-hybridized carbons (Fsp3) is 0.407. The Labute approximate surface area is 216 Å². The van der Waals surface area contributed by atoms with Crippen LogP contribution in [-0.4, -0.2) is 85.2 Å². The van der Waals surface area contributed by atoms with Gasteiger partial charge in [-0.25, -0.2) is 4.79 Å². The van der Waals surface area contributed by atoms with Crippen molar-refractivity contribution in [3.8, 4) is 0 Å². The van der Waals surface area contributed by atoms with Crippen LogP contribution in [0.4, 0.5) is 0 Å². The summed E-state index contributed by atoms with van der Waals surface area (Å²) in [6, 6.07) is 16.6. The lowest BCUT2D eigenvalue weighted by molar-refractivity contribution is -0.141. The molecule has 1 heterocycles. The van der Waals surface area contributed by atoms with Crippen molar-refractivity contribution in [1.82, 2.24) is 20.9 Å². The second-order valence-electron chi connectivity index (χ2n) is 8.90. The molecule has 2 atom stereocenters. The van der Waals surface area contributed by atoms with Gasteiger partial charge < -0.3 is 25.8 Å². The van der Waals surface area contributed by atoms with Crippen molar-refractivity contribution in [2.24, 2.45) is 0 Å². The van der Waals surface area contributed by atoms with Crippen LogP contribution in [0.15, 0.2) is 60.7 Å². The summed E-state index contributed by atoms with van der Waals surface area (Å²) in [4.78, 5) is 51.6. The first-order chi connectivity index (χ1) is 17.9. The van der Waals surface area contributed by atoms with Crippen molar-refractivity contribution < 1.29 is 29.0 Å². The lowest BCUT2D eigenvalue weighted by Gasteiger charge is -2.27. The number of carboxylic acid groups (broad SMARTS) is 1. The van der Waals surface area contributed by atoms with Crippen LogP contribution in [0, 0.1) is 0 Å². The molecule has 1 aliphatic rings. The standard InChI is InChI=1S/C27H34N4O6/c32-24(30-23(27(35)36)17-21-9-5-2-6-10-21)18-28-26(34)22(12-11-20-7-3-1-4-8-20)29-25(33)19-31-13-15-37-16-14-31/h1-10,22-23H,11-19H2,(H,28,34)(H,29,33)(H,30,32)(H,35,36)/t22-,23-/m0/s1. The molecule has 0 spiro atoms. The first-order valence-electron chi connectivity index (χ1n) is 12.4. The van der Waals surface area contributed by atoms with Crippen molar-refractivity contribution in [2.45, 2.75) is 31.3 Å². The number of carboxylic acids is 1. The van der Waals surface area contributed by atoms with E-state index < -0.39 is 36.4 Å². The van der Waals surface area contributed by atoms with Gasteiger partial charge in [0.2, 0.25) is 17.7 Å². The van der Waals surface area contributed by atoms with Gasteiger partial charge in [0.25, 0.3) is 0 Å². The molecule has 0 aliphatic carbocycles. The van der Waals surface area contributed by atoms with Crippen molar-refractivity contribution in [2.75, 3.05) is 39.4 Å². The van der Waals surface area contributed by atoms with Crippen molar-refractivity contribution >= 4 is 23.7 Å². The molecular formula is C27H34N4O6. The molecule has 2 aromatic rings. The van der Waals surface area contributed by atoms with E-state index in [4.69, 9.17) is 4.74 Å². The normalized spacial score (nSPS) is 15.2. The van der Waals surface area contributed by atoms with Gasteiger partial charge in [-0.1, -0.05) is 60.7 Å². The van der Waals surface area contributed by atoms with Crippen LogP contribution in [0.2, 0.25) is 0 Å². The van der Waals surface area contributed by atoms with E-state index >= 15 is 0 Å². The summed E-state index contributed by atoms with van der Waals surface area (Å²) in [7, 11) is 0. The topological polar surface area (TPSA) is 137 Å². The van der Waals surface area contributed by atoms with E-state index in [9.17, 15) is 24.3 Å². The maximum Gasteiger partial charge on any atom is 0.326 e. The van der Waals surface area contributed by atoms with Crippen LogP contribution in [0.1, 0.15) is 17.5 Å². The van der Waals surface area contributed by atoms with Crippen LogP contribution in [-0.2, 0) is 36.8 Å². The third-order valence-electron chi connectivity index (χ3n) is 6.03. The van der Waals surface area contributed by atoms with Gasteiger partial charge in [0.15, 0.2) is 0 Å². The third-order valence-corrected chi connectivity index (χ3v) is 6.03. The molecule has 10 heteroatoms. The number of amides is 3. The molecule has 1 saturated heterocycles. The summed E-state index contributed by atoms with van der Waals surface area (Å²) in [5.74, 6) is -2.58. The number of rotatable bonds is 13. The van der Waals surface area contributed by atoms with Gasteiger partial charge in [-0.15, -0.1) is 0 Å². The zero-order chi connectivity index (χ0) is 26.5. The quantitative estimate of drug-likeness (QED) is 0.305. The molecule has 1 fully saturated rings. The van der Waals surface area contributed by atoms with Gasteiger partial charge in [0, 0.05) is 19.5 Å². The Kier molecular flexibility index (Phi) is 11.1. The number of aliphatic carboxylic acids is 1. The van der Waals surface area contributed by atoms with Crippen LogP contribution in [0.25, 0.3) is 0 Å². The Hall–Kier alpha value is -3.76. The van der Waals surface area contributed by atoms with Gasteiger partial charge in [-0.3, -0.25) is 19.3 Å². The highest BCUT2D eigenvalue weighted by Crippen LogP contribution is 2.07. The van der Waals surface area contributed by atoms with Crippen molar-refractivity contribution in [3.63, 3.8) is 0 Å². The average molecular weight is 511 g/mol. The van der Waals surface area contributed by atoms with E-state index in [1.165, 1.54) is 0 Å². The summed E-state index contributed by atoms with van der Waals surface area (Å²) in [5, 5.41) is 17.3. The summed E-state index contributed by atoms with van der Waals surface area (Å²) in [5.41, 5.74) is 1.79. The molecule has 0 bridgehead atoms. The number of morpholine rings is 1. The van der Waals surface area contributed by atoms with Gasteiger partial charge in [0.05, 0.1) is 26.3 Å². The average Bonchev–Trinajstić information content (AvgIpc) is 2.91. The highest BCUT2D eigenvalue weighted by Gasteiger charge is 2.24. The minimum absolute atomic E-state index is 0.118. The lowest BCUT2D eigenvalue weighted by Crippen LogP contribution is -2.53. The second-order valence-corrected chi connectivity index (χ2v) is 8.90. The molecule has 0 aromatic heterocycles. The van der Waals surface area contributed by atoms with Crippen LogP contribution >= 0.6 is 0 Å². The Morgan fingerprint density at radius 3 is 2.05 bits per heavy atom. The van der Waals surface area contributed by atoms with E-state index in [2.05, 4.69) is 16.0 Å². The van der Waals surface area contributed by atoms with E-state index in [1.54, 1.807) is 24.3 Å². The lowest BCUT2D eigenvalue weighted by atomic mass is 10.0. The molecule has 3 rings (SSSR count). The summed E-state index contributed by atoms with van der Waals surface area (Å²) < 4.78 is 5.31. The van der Waals surface area contributed by atoms with Gasteiger partial charge in [-0.05, 0) is 24.0 Å². The minimum atomic E-state index is -1.17. The molecule has 1 aliphatic heterocycles. The second kappa shape index (κ2) is 14.7. The number of hydrogen-bond acceptors (Lipinski definition) is 6. The minimum Gasteiger partial charge on any atom is -0.480 e. The number of nitrogens with one attached hydrogen (secondary N) is 3. The number of aryl methyl sites for hydroxylation is 1. The molecule has 10 nitrogen and oxygen atoms in total. The smallest absolute Gasteiger partial charge is 0.326 e. The predicted molar refractivity (Wildman–Crippen MR) is 137 cm³/mol. The number of ether oxygens (including phenoxy) is 1. The maximum absolute atomic E-state index is 13.0. The molecule has 4 N–H and O–H groups in total. The monoisotopic (exact) mass is 510 g/mol. The SMILES string of the molecule is O=C(CNC(=O)[C@H](CCc1ccccc1)NC(=O)CN1CCOCC1)N[C@@H](Cc1ccccc1)C(=O)O. The van der Waals surface area contributed by atoms with Crippen molar-refractivity contribution in [1.29, 1.82) is 0 Å². The number of nitrogens with zero attached hydrogens (tertiary/aromatic N) is 1. The highest BCUT2D eigenvalue weighted by atomic mass is 16.5. The van der Waals surface area contributed by atoms with Gasteiger partial charge >= 0.3 is 5.97 Å². The first-order valence-corrected chi connectivity index (χ1v) is 12.4. The van der Waals surface area contributed by atoms with E-state index in [1.807, 2.05) is 41.3 Å². The van der Waals surface area contributed by atoms with Crippen LogP contribution in [0.5, 0.6) is 0 Å². The molecule has 2 aromatic carbocycles. The van der Waals surface area contributed by atoms with E-state index in [0.29, 0.717) is 39.1 Å². The molecule has 0 radical (unpaired) electrons. The summed E-state index contributed by atoms with van der Waals surface area (Å²) >= 11 is 0. The highest BCUT2D eigenvalue weighted by molar-refractivity contribution is 5.92. The summed E-state index contributed by atoms with van der Waals surface area (Å²) in [6.45, 7) is 2.14. The number of benzene rings is 2. The van der Waals surface area contributed by atoms with E-state index in [0.717, 1.165) is 11.1 Å². The van der Waals surface area contributed by atoms with Crippen LogP contribution in [0.3, 0.4) is 0 Å². The molecule has 198 valence electrons. The Morgan fingerprint density at radius 1 is 0.838 bits per heavy atom. The largest absolute Gasteiger partial charge is 0.480 e. The molecule has 3 amide bonds. The zero-order valence-electron chi connectivity index (χ0n) is 20.7. The first kappa shape index (κ1) is 27.8. The predicted octanol–water partition coefficient (Wildman–Crippen LogP) is 0.365. The van der Waals surface area contributed by atoms with Gasteiger partial charge in [0.1, 0.15) is 12.1 Å². The van der Waals surface area contributed by atoms with Crippen LogP contribution < -0.4 is 16.0 Å². The van der Waals surface area contributed by atoms with Gasteiger partial charge in [-0.2, -0.15) is 0 Å². The number of carbonyl (C=O) groups is 4. The molecule has 0 unspecified atom stereocenters. The fourth-order valence-corrected chi connectivity index (χ4v) is 4.01. The third kappa shape index (κ3) is 10.0. The van der Waals surface area contributed by atoms with E-state index in [-0.39, 0.29) is 18.9 Å². The van der Waals surface area contributed by atoms with Crippen molar-refractivity contribution in [3.05, 3.63) is 71.8 Å². The fourth-order valence-electron chi connectivity index (χ4n) is 4.01. The molecular weight excluding hydrogens is 476 g/mol. The summed E-state index contributed by atoms with van der Waals surface area (Å²) in [6.07, 6.45) is 1.02. The zero-order valence-corrected chi connectivity index (χ0v) is 20.7.